The summed E-state index contributed by atoms with van der Waals surface area (Å²) in [5, 5.41) is 3.45. The highest BCUT2D eigenvalue weighted by molar-refractivity contribution is 7.98. The molecule has 0 aliphatic rings. The molecule has 0 spiro atoms. The first-order chi connectivity index (χ1) is 8.43. The van der Waals surface area contributed by atoms with Gasteiger partial charge in [-0.25, -0.2) is 9.97 Å². The van der Waals surface area contributed by atoms with Gasteiger partial charge in [-0.05, 0) is 24.5 Å². The fourth-order valence-electron chi connectivity index (χ4n) is 1.64. The molecule has 102 valence electrons. The maximum Gasteiger partial charge on any atom is 0.133 e. The van der Waals surface area contributed by atoms with Crippen molar-refractivity contribution in [2.45, 2.75) is 39.7 Å². The Labute approximate surface area is 115 Å². The first-order valence-electron chi connectivity index (χ1n) is 6.44. The van der Waals surface area contributed by atoms with E-state index in [9.17, 15) is 0 Å². The molecule has 1 N–H and O–H groups in total. The van der Waals surface area contributed by atoms with Gasteiger partial charge in [-0.3, -0.25) is 0 Å². The Kier molecular flexibility index (Phi) is 6.09. The van der Waals surface area contributed by atoms with Crippen LogP contribution in [0.15, 0.2) is 12.4 Å². The van der Waals surface area contributed by atoms with Crippen molar-refractivity contribution in [1.82, 2.24) is 15.3 Å². The Morgan fingerprint density at radius 1 is 1.28 bits per heavy atom. The lowest BCUT2D eigenvalue weighted by Crippen LogP contribution is -2.22. The molecule has 0 aliphatic carbocycles. The summed E-state index contributed by atoms with van der Waals surface area (Å²) in [4.78, 5) is 8.86. The second kappa shape index (κ2) is 7.10. The van der Waals surface area contributed by atoms with Crippen LogP contribution in [0.4, 0.5) is 0 Å². The normalized spacial score (nSPS) is 13.6. The van der Waals surface area contributed by atoms with Crippen LogP contribution in [-0.4, -0.2) is 28.5 Å². The molecule has 0 saturated carbocycles. The summed E-state index contributed by atoms with van der Waals surface area (Å²) in [5.74, 6) is 2.81. The summed E-state index contributed by atoms with van der Waals surface area (Å²) in [6, 6.07) is 0. The van der Waals surface area contributed by atoms with Crippen LogP contribution in [0.3, 0.4) is 0 Å². The highest BCUT2D eigenvalue weighted by Gasteiger charge is 2.16. The third-order valence-electron chi connectivity index (χ3n) is 2.65. The van der Waals surface area contributed by atoms with Gasteiger partial charge in [-0.15, -0.1) is 0 Å². The number of hydrogen-bond donors (Lipinski definition) is 1. The van der Waals surface area contributed by atoms with Crippen molar-refractivity contribution in [3.63, 3.8) is 0 Å². The van der Waals surface area contributed by atoms with Crippen LogP contribution in [0.5, 0.6) is 0 Å². The molecule has 1 unspecified atom stereocenters. The number of nitrogens with zero attached hydrogens (tertiary/aromatic N) is 2. The molecular formula is C14H25N3S. The molecule has 0 aliphatic heterocycles. The van der Waals surface area contributed by atoms with Crippen LogP contribution in [0, 0.1) is 5.92 Å². The molecule has 18 heavy (non-hydrogen) atoms. The first-order valence-corrected chi connectivity index (χ1v) is 7.84. The SMILES string of the molecule is CSCC(C)CNCc1cnc(C(C)(C)C)nc1. The molecule has 1 aromatic heterocycles. The number of nitrogens with one attached hydrogen (secondary N) is 1. The van der Waals surface area contributed by atoms with Gasteiger partial charge in [-0.1, -0.05) is 27.7 Å². The van der Waals surface area contributed by atoms with Crippen molar-refractivity contribution < 1.29 is 0 Å². The van der Waals surface area contributed by atoms with Gasteiger partial charge in [0, 0.05) is 29.9 Å². The predicted octanol–water partition coefficient (Wildman–Crippen LogP) is 2.86. The molecule has 1 rings (SSSR count). The number of rotatable bonds is 6. The fourth-order valence-corrected chi connectivity index (χ4v) is 2.33. The molecule has 3 nitrogen and oxygen atoms in total. The van der Waals surface area contributed by atoms with E-state index >= 15 is 0 Å². The quantitative estimate of drug-likeness (QED) is 0.860. The minimum absolute atomic E-state index is 0.0266. The number of hydrogen-bond acceptors (Lipinski definition) is 4. The Morgan fingerprint density at radius 2 is 1.89 bits per heavy atom. The highest BCUT2D eigenvalue weighted by Crippen LogP contribution is 2.16. The monoisotopic (exact) mass is 267 g/mol. The molecule has 4 heteroatoms. The largest absolute Gasteiger partial charge is 0.312 e. The van der Waals surface area contributed by atoms with Crippen LogP contribution < -0.4 is 5.32 Å². The molecular weight excluding hydrogens is 242 g/mol. The van der Waals surface area contributed by atoms with Crippen LogP contribution >= 0.6 is 11.8 Å². The molecule has 0 bridgehead atoms. The lowest BCUT2D eigenvalue weighted by atomic mass is 9.96. The zero-order chi connectivity index (χ0) is 13.6. The van der Waals surface area contributed by atoms with Crippen LogP contribution in [0.1, 0.15) is 39.1 Å². The van der Waals surface area contributed by atoms with Crippen molar-refractivity contribution in [3.8, 4) is 0 Å². The molecule has 1 heterocycles. The van der Waals surface area contributed by atoms with Crippen LogP contribution in [0.2, 0.25) is 0 Å². The Morgan fingerprint density at radius 3 is 2.39 bits per heavy atom. The van der Waals surface area contributed by atoms with Gasteiger partial charge in [-0.2, -0.15) is 11.8 Å². The van der Waals surface area contributed by atoms with E-state index in [2.05, 4.69) is 49.2 Å². The second-order valence-electron chi connectivity index (χ2n) is 5.86. The van der Waals surface area contributed by atoms with Crippen molar-refractivity contribution in [3.05, 3.63) is 23.8 Å². The third-order valence-corrected chi connectivity index (χ3v) is 3.55. The van der Waals surface area contributed by atoms with Crippen molar-refractivity contribution in [1.29, 1.82) is 0 Å². The smallest absolute Gasteiger partial charge is 0.133 e. The Bertz CT molecular complexity index is 343. The topological polar surface area (TPSA) is 37.8 Å². The third kappa shape index (κ3) is 5.36. The van der Waals surface area contributed by atoms with E-state index in [-0.39, 0.29) is 5.41 Å². The fraction of sp³-hybridized carbons (Fsp3) is 0.714. The van der Waals surface area contributed by atoms with E-state index in [4.69, 9.17) is 0 Å². The van der Waals surface area contributed by atoms with Crippen LogP contribution in [-0.2, 0) is 12.0 Å². The summed E-state index contributed by atoms with van der Waals surface area (Å²) in [7, 11) is 0. The van der Waals surface area contributed by atoms with E-state index in [0.29, 0.717) is 5.92 Å². The summed E-state index contributed by atoms with van der Waals surface area (Å²) in [6.45, 7) is 10.5. The van der Waals surface area contributed by atoms with Crippen LogP contribution in [0.25, 0.3) is 0 Å². The minimum atomic E-state index is 0.0266. The first kappa shape index (κ1) is 15.4. The van der Waals surface area contributed by atoms with Crippen molar-refractivity contribution >= 4 is 11.8 Å². The lowest BCUT2D eigenvalue weighted by Gasteiger charge is -2.16. The summed E-state index contributed by atoms with van der Waals surface area (Å²) < 4.78 is 0. The van der Waals surface area contributed by atoms with Crippen molar-refractivity contribution in [2.24, 2.45) is 5.92 Å². The zero-order valence-corrected chi connectivity index (χ0v) is 13.0. The molecule has 0 amide bonds. The van der Waals surface area contributed by atoms with E-state index < -0.39 is 0 Å². The second-order valence-corrected chi connectivity index (χ2v) is 6.77. The highest BCUT2D eigenvalue weighted by atomic mass is 32.2. The summed E-state index contributed by atoms with van der Waals surface area (Å²) in [6.07, 6.45) is 6.01. The molecule has 0 aromatic carbocycles. The number of thioether (sulfide) groups is 1. The summed E-state index contributed by atoms with van der Waals surface area (Å²) >= 11 is 1.90. The maximum atomic E-state index is 4.43. The average molecular weight is 267 g/mol. The summed E-state index contributed by atoms with van der Waals surface area (Å²) in [5.41, 5.74) is 1.18. The Hall–Kier alpha value is -0.610. The molecule has 0 saturated heterocycles. The zero-order valence-electron chi connectivity index (χ0n) is 12.2. The van der Waals surface area contributed by atoms with E-state index in [1.165, 1.54) is 5.75 Å². The van der Waals surface area contributed by atoms with Gasteiger partial charge in [0.1, 0.15) is 5.82 Å². The van der Waals surface area contributed by atoms with Gasteiger partial charge in [0.05, 0.1) is 0 Å². The van der Waals surface area contributed by atoms with Gasteiger partial charge in [0.15, 0.2) is 0 Å². The van der Waals surface area contributed by atoms with Gasteiger partial charge in [0.25, 0.3) is 0 Å². The van der Waals surface area contributed by atoms with Crippen molar-refractivity contribution in [2.75, 3.05) is 18.6 Å². The maximum absolute atomic E-state index is 4.43. The minimum Gasteiger partial charge on any atom is -0.312 e. The molecule has 0 radical (unpaired) electrons. The molecule has 1 atom stereocenters. The van der Waals surface area contributed by atoms with E-state index in [0.717, 1.165) is 24.5 Å². The predicted molar refractivity (Wildman–Crippen MR) is 80.0 cm³/mol. The van der Waals surface area contributed by atoms with E-state index in [1.54, 1.807) is 0 Å². The van der Waals surface area contributed by atoms with E-state index in [1.807, 2.05) is 24.2 Å². The Balaban J connectivity index is 2.40. The average Bonchev–Trinajstić information content (AvgIpc) is 2.29. The standard InChI is InChI=1S/C14H25N3S/c1-11(10-18-5)6-15-7-12-8-16-13(17-9-12)14(2,3)4/h8-9,11,15H,6-7,10H2,1-5H3. The van der Waals surface area contributed by atoms with Gasteiger partial charge < -0.3 is 5.32 Å². The molecule has 0 fully saturated rings. The lowest BCUT2D eigenvalue weighted by molar-refractivity contribution is 0.537. The molecule has 1 aromatic rings. The van der Waals surface area contributed by atoms with Gasteiger partial charge >= 0.3 is 0 Å². The van der Waals surface area contributed by atoms with Gasteiger partial charge in [0.2, 0.25) is 0 Å². The number of aromatic nitrogens is 2.